The molecule has 6 nitrogen and oxygen atoms in total. The molecule has 1 atom stereocenters. The van der Waals surface area contributed by atoms with Crippen molar-refractivity contribution in [1.29, 1.82) is 0 Å². The average molecular weight is 309 g/mol. The number of rotatable bonds is 6. The third-order valence-electron chi connectivity index (χ3n) is 3.33. The van der Waals surface area contributed by atoms with Crippen LogP contribution in [0.25, 0.3) is 0 Å². The van der Waals surface area contributed by atoms with Crippen molar-refractivity contribution in [2.75, 3.05) is 32.8 Å². The summed E-state index contributed by atoms with van der Waals surface area (Å²) in [6, 6.07) is 3.59. The number of esters is 1. The molecule has 0 aromatic heterocycles. The van der Waals surface area contributed by atoms with Gasteiger partial charge in [-0.15, -0.1) is 0 Å². The first-order valence-corrected chi connectivity index (χ1v) is 7.36. The molecule has 1 heterocycles. The second kappa shape index (κ2) is 7.35. The number of benzene rings is 1. The van der Waals surface area contributed by atoms with Crippen molar-refractivity contribution in [3.05, 3.63) is 17.7 Å². The Morgan fingerprint density at radius 1 is 1.32 bits per heavy atom. The summed E-state index contributed by atoms with van der Waals surface area (Å²) in [5, 5.41) is 3.22. The van der Waals surface area contributed by atoms with Gasteiger partial charge in [-0.1, -0.05) is 0 Å². The van der Waals surface area contributed by atoms with Crippen LogP contribution < -0.4 is 14.8 Å². The first kappa shape index (κ1) is 16.4. The summed E-state index contributed by atoms with van der Waals surface area (Å²) in [6.45, 7) is 5.22. The molecule has 1 N–H and O–H groups in total. The molecule has 1 fully saturated rings. The lowest BCUT2D eigenvalue weighted by Gasteiger charge is -2.19. The van der Waals surface area contributed by atoms with Crippen molar-refractivity contribution >= 4 is 11.7 Å². The maximum atomic E-state index is 12.0. The van der Waals surface area contributed by atoms with Crippen LogP contribution in [0.2, 0.25) is 0 Å². The summed E-state index contributed by atoms with van der Waals surface area (Å²) in [5.41, 5.74) is 1.08. The molecule has 122 valence electrons. The van der Waals surface area contributed by atoms with Gasteiger partial charge in [-0.3, -0.25) is 0 Å². The number of nitrogens with one attached hydrogen (secondary N) is 1. The highest BCUT2D eigenvalue weighted by atomic mass is 16.6. The minimum atomic E-state index is -0.418. The predicted molar refractivity (Wildman–Crippen MR) is 82.9 cm³/mol. The zero-order valence-electron chi connectivity index (χ0n) is 13.5. The minimum absolute atomic E-state index is 0.0247. The van der Waals surface area contributed by atoms with E-state index in [1.54, 1.807) is 19.2 Å². The van der Waals surface area contributed by atoms with Crippen molar-refractivity contribution in [2.24, 2.45) is 0 Å². The minimum Gasteiger partial charge on any atom is -0.493 e. The number of carbonyl (C=O) groups excluding carboxylic acids is 1. The van der Waals surface area contributed by atoms with Crippen LogP contribution in [0.4, 0.5) is 5.69 Å². The molecule has 1 aromatic rings. The number of anilines is 1. The Labute approximate surface area is 130 Å². The van der Waals surface area contributed by atoms with Gasteiger partial charge in [0.1, 0.15) is 6.10 Å². The third-order valence-corrected chi connectivity index (χ3v) is 3.33. The standard InChI is InChI=1S/C16H23NO5/c1-10(2)17-13-8-14(19-3)15(7-12(13)16(18)20-4)22-11-5-6-21-9-11/h7-8,10-11,17H,5-6,9H2,1-4H3/t11-/m0/s1. The number of methoxy groups -OCH3 is 2. The molecule has 0 radical (unpaired) electrons. The summed E-state index contributed by atoms with van der Waals surface area (Å²) in [4.78, 5) is 12.0. The van der Waals surface area contributed by atoms with Gasteiger partial charge in [-0.2, -0.15) is 0 Å². The van der Waals surface area contributed by atoms with E-state index in [1.807, 2.05) is 13.8 Å². The zero-order valence-corrected chi connectivity index (χ0v) is 13.5. The van der Waals surface area contributed by atoms with Crippen molar-refractivity contribution in [3.63, 3.8) is 0 Å². The Bertz CT molecular complexity index is 524. The van der Waals surface area contributed by atoms with Gasteiger partial charge in [-0.25, -0.2) is 4.79 Å². The number of ether oxygens (including phenoxy) is 4. The van der Waals surface area contributed by atoms with Crippen LogP contribution in [-0.2, 0) is 9.47 Å². The van der Waals surface area contributed by atoms with E-state index in [1.165, 1.54) is 7.11 Å². The van der Waals surface area contributed by atoms with Crippen molar-refractivity contribution < 1.29 is 23.7 Å². The van der Waals surface area contributed by atoms with Gasteiger partial charge in [0.25, 0.3) is 0 Å². The third kappa shape index (κ3) is 3.82. The molecule has 0 aliphatic carbocycles. The molecule has 0 unspecified atom stereocenters. The fourth-order valence-electron chi connectivity index (χ4n) is 2.31. The highest BCUT2D eigenvalue weighted by molar-refractivity contribution is 5.96. The second-order valence-corrected chi connectivity index (χ2v) is 5.44. The maximum absolute atomic E-state index is 12.0. The first-order valence-electron chi connectivity index (χ1n) is 7.36. The van der Waals surface area contributed by atoms with Gasteiger partial charge in [0.2, 0.25) is 0 Å². The SMILES string of the molecule is COC(=O)c1cc(O[C@H]2CCOC2)c(OC)cc1NC(C)C. The Balaban J connectivity index is 2.37. The van der Waals surface area contributed by atoms with E-state index in [4.69, 9.17) is 18.9 Å². The van der Waals surface area contributed by atoms with Gasteiger partial charge >= 0.3 is 5.97 Å². The van der Waals surface area contributed by atoms with Crippen LogP contribution in [-0.4, -0.2) is 45.5 Å². The smallest absolute Gasteiger partial charge is 0.340 e. The lowest BCUT2D eigenvalue weighted by atomic mass is 10.1. The van der Waals surface area contributed by atoms with Crippen LogP contribution in [0.5, 0.6) is 11.5 Å². The van der Waals surface area contributed by atoms with Crippen molar-refractivity contribution in [1.82, 2.24) is 0 Å². The van der Waals surface area contributed by atoms with Crippen molar-refractivity contribution in [3.8, 4) is 11.5 Å². The molecule has 22 heavy (non-hydrogen) atoms. The normalized spacial score (nSPS) is 17.4. The molecule has 2 rings (SSSR count). The number of hydrogen-bond acceptors (Lipinski definition) is 6. The fraction of sp³-hybridized carbons (Fsp3) is 0.562. The van der Waals surface area contributed by atoms with Crippen molar-refractivity contribution in [2.45, 2.75) is 32.4 Å². The van der Waals surface area contributed by atoms with Crippen LogP contribution in [0, 0.1) is 0 Å². The Kier molecular flexibility index (Phi) is 5.49. The molecule has 1 aliphatic heterocycles. The van der Waals surface area contributed by atoms with Gasteiger partial charge < -0.3 is 24.3 Å². The summed E-state index contributed by atoms with van der Waals surface area (Å²) in [5.74, 6) is 0.675. The molecule has 1 saturated heterocycles. The number of carbonyl (C=O) groups is 1. The molecule has 0 spiro atoms. The van der Waals surface area contributed by atoms with E-state index in [0.29, 0.717) is 36.0 Å². The lowest BCUT2D eigenvalue weighted by molar-refractivity contribution is 0.0600. The molecular weight excluding hydrogens is 286 g/mol. The van der Waals surface area contributed by atoms with Crippen LogP contribution >= 0.6 is 0 Å². The van der Waals surface area contributed by atoms with E-state index < -0.39 is 5.97 Å². The monoisotopic (exact) mass is 309 g/mol. The molecule has 0 bridgehead atoms. The van der Waals surface area contributed by atoms with E-state index in [9.17, 15) is 4.79 Å². The molecule has 0 amide bonds. The average Bonchev–Trinajstić information content (AvgIpc) is 3.00. The Hall–Kier alpha value is -1.95. The summed E-state index contributed by atoms with van der Waals surface area (Å²) in [7, 11) is 2.93. The fourth-order valence-corrected chi connectivity index (χ4v) is 2.31. The molecule has 0 saturated carbocycles. The van der Waals surface area contributed by atoms with Gasteiger partial charge in [0, 0.05) is 24.6 Å². The van der Waals surface area contributed by atoms with E-state index in [-0.39, 0.29) is 12.1 Å². The van der Waals surface area contributed by atoms with Gasteiger partial charge in [-0.05, 0) is 13.8 Å². The van der Waals surface area contributed by atoms with Crippen LogP contribution in [0.3, 0.4) is 0 Å². The summed E-state index contributed by atoms with van der Waals surface area (Å²) >= 11 is 0. The molecule has 6 heteroatoms. The molecule has 1 aliphatic rings. The summed E-state index contributed by atoms with van der Waals surface area (Å²) in [6.07, 6.45) is 0.797. The van der Waals surface area contributed by atoms with Crippen LogP contribution in [0.15, 0.2) is 12.1 Å². The zero-order chi connectivity index (χ0) is 16.1. The molecular formula is C16H23NO5. The summed E-state index contributed by atoms with van der Waals surface area (Å²) < 4.78 is 21.5. The van der Waals surface area contributed by atoms with Gasteiger partial charge in [0.05, 0.1) is 38.7 Å². The van der Waals surface area contributed by atoms with E-state index >= 15 is 0 Å². The second-order valence-electron chi connectivity index (χ2n) is 5.44. The predicted octanol–water partition coefficient (Wildman–Crippen LogP) is 2.47. The van der Waals surface area contributed by atoms with E-state index in [0.717, 1.165) is 6.42 Å². The maximum Gasteiger partial charge on any atom is 0.340 e. The topological polar surface area (TPSA) is 66.0 Å². The largest absolute Gasteiger partial charge is 0.493 e. The van der Waals surface area contributed by atoms with E-state index in [2.05, 4.69) is 5.32 Å². The Morgan fingerprint density at radius 2 is 2.09 bits per heavy atom. The lowest BCUT2D eigenvalue weighted by Crippen LogP contribution is -2.18. The molecule has 1 aromatic carbocycles. The quantitative estimate of drug-likeness (QED) is 0.814. The van der Waals surface area contributed by atoms with Gasteiger partial charge in [0.15, 0.2) is 11.5 Å². The Morgan fingerprint density at radius 3 is 2.64 bits per heavy atom. The highest BCUT2D eigenvalue weighted by Gasteiger charge is 2.22. The van der Waals surface area contributed by atoms with Crippen LogP contribution in [0.1, 0.15) is 30.6 Å². The first-order chi connectivity index (χ1) is 10.5. The highest BCUT2D eigenvalue weighted by Crippen LogP contribution is 2.35. The number of hydrogen-bond donors (Lipinski definition) is 1.